The quantitative estimate of drug-likeness (QED) is 0.937. The van der Waals surface area contributed by atoms with Gasteiger partial charge >= 0.3 is 0 Å². The van der Waals surface area contributed by atoms with Crippen molar-refractivity contribution in [3.05, 3.63) is 70.8 Å². The molecule has 2 N–H and O–H groups in total. The lowest BCUT2D eigenvalue weighted by atomic mass is 9.74. The normalized spacial score (nSPS) is 24.0. The Kier molecular flexibility index (Phi) is 4.19. The maximum absolute atomic E-state index is 5.90. The van der Waals surface area contributed by atoms with Gasteiger partial charge in [-0.25, -0.2) is 0 Å². The third-order valence-electron chi connectivity index (χ3n) is 5.68. The van der Waals surface area contributed by atoms with E-state index >= 15 is 0 Å². The van der Waals surface area contributed by atoms with Crippen LogP contribution in [0.25, 0.3) is 0 Å². The molecule has 0 radical (unpaired) electrons. The molecule has 120 valence electrons. The van der Waals surface area contributed by atoms with Gasteiger partial charge in [0.25, 0.3) is 0 Å². The zero-order chi connectivity index (χ0) is 15.6. The van der Waals surface area contributed by atoms with Crippen LogP contribution in [0, 0.1) is 0 Å². The summed E-state index contributed by atoms with van der Waals surface area (Å²) in [5.41, 5.74) is 11.7. The van der Waals surface area contributed by atoms with E-state index in [1.165, 1.54) is 43.5 Å². The van der Waals surface area contributed by atoms with Gasteiger partial charge in [-0.3, -0.25) is 4.90 Å². The number of aryl methyl sites for hydroxylation is 1. The third-order valence-corrected chi connectivity index (χ3v) is 5.68. The molecule has 1 aliphatic carbocycles. The fraction of sp³-hybridized carbons (Fsp3) is 0.429. The van der Waals surface area contributed by atoms with Crippen molar-refractivity contribution < 1.29 is 0 Å². The smallest absolute Gasteiger partial charge is 0.0178 e. The van der Waals surface area contributed by atoms with E-state index in [1.54, 1.807) is 11.1 Å². The number of likely N-dealkylation sites (tertiary alicyclic amines) is 1. The van der Waals surface area contributed by atoms with E-state index in [9.17, 15) is 0 Å². The van der Waals surface area contributed by atoms with E-state index in [0.717, 1.165) is 6.42 Å². The molecule has 0 aromatic heterocycles. The van der Waals surface area contributed by atoms with E-state index in [4.69, 9.17) is 5.73 Å². The summed E-state index contributed by atoms with van der Waals surface area (Å²) in [6, 6.07) is 18.6. The molecule has 1 heterocycles. The van der Waals surface area contributed by atoms with Gasteiger partial charge in [-0.2, -0.15) is 0 Å². The fourth-order valence-electron chi connectivity index (χ4n) is 4.28. The molecule has 0 spiro atoms. The highest BCUT2D eigenvalue weighted by Crippen LogP contribution is 2.39. The van der Waals surface area contributed by atoms with Crippen molar-refractivity contribution in [3.63, 3.8) is 0 Å². The minimum atomic E-state index is 0.605. The second-order valence-electron chi connectivity index (χ2n) is 7.03. The van der Waals surface area contributed by atoms with E-state index in [-0.39, 0.29) is 0 Å². The Hall–Kier alpha value is -1.64. The molecule has 1 aliphatic heterocycles. The van der Waals surface area contributed by atoms with Crippen LogP contribution in [0.5, 0.6) is 0 Å². The zero-order valence-electron chi connectivity index (χ0n) is 13.7. The van der Waals surface area contributed by atoms with Gasteiger partial charge < -0.3 is 5.73 Å². The molecule has 2 atom stereocenters. The molecule has 23 heavy (non-hydrogen) atoms. The SMILES string of the molecule is NCc1ccc2c(c1)C(Cc1ccccc1)C(N1CCC1)CC2. The van der Waals surface area contributed by atoms with Crippen LogP contribution in [-0.4, -0.2) is 24.0 Å². The van der Waals surface area contributed by atoms with Crippen LogP contribution in [-0.2, 0) is 19.4 Å². The molecule has 0 bridgehead atoms. The summed E-state index contributed by atoms with van der Waals surface area (Å²) in [6.45, 7) is 3.20. The largest absolute Gasteiger partial charge is 0.326 e. The lowest BCUT2D eigenvalue weighted by molar-refractivity contribution is 0.0877. The van der Waals surface area contributed by atoms with Crippen LogP contribution < -0.4 is 5.73 Å². The van der Waals surface area contributed by atoms with Crippen LogP contribution in [0.1, 0.15) is 41.0 Å². The third kappa shape index (κ3) is 2.93. The lowest BCUT2D eigenvalue weighted by Crippen LogP contribution is -2.49. The molecule has 0 saturated carbocycles. The number of rotatable bonds is 4. The van der Waals surface area contributed by atoms with E-state index in [0.29, 0.717) is 18.5 Å². The summed E-state index contributed by atoms with van der Waals surface area (Å²) in [5, 5.41) is 0. The first kappa shape index (κ1) is 14.9. The van der Waals surface area contributed by atoms with E-state index < -0.39 is 0 Å². The molecular weight excluding hydrogens is 280 g/mol. The molecule has 2 aromatic carbocycles. The van der Waals surface area contributed by atoms with Crippen molar-refractivity contribution in [1.29, 1.82) is 0 Å². The van der Waals surface area contributed by atoms with Gasteiger partial charge in [-0.1, -0.05) is 48.5 Å². The summed E-state index contributed by atoms with van der Waals surface area (Å²) >= 11 is 0. The Morgan fingerprint density at radius 2 is 1.83 bits per heavy atom. The van der Waals surface area contributed by atoms with Gasteiger partial charge in [-0.15, -0.1) is 0 Å². The molecule has 2 nitrogen and oxygen atoms in total. The highest BCUT2D eigenvalue weighted by molar-refractivity contribution is 5.39. The highest BCUT2D eigenvalue weighted by Gasteiger charge is 2.35. The van der Waals surface area contributed by atoms with Gasteiger partial charge in [0.1, 0.15) is 0 Å². The number of hydrogen-bond acceptors (Lipinski definition) is 2. The van der Waals surface area contributed by atoms with Crippen molar-refractivity contribution in [2.45, 2.75) is 44.2 Å². The lowest BCUT2D eigenvalue weighted by Gasteiger charge is -2.45. The molecule has 0 amide bonds. The molecule has 2 aliphatic rings. The van der Waals surface area contributed by atoms with Crippen molar-refractivity contribution in [2.24, 2.45) is 5.73 Å². The first-order valence-corrected chi connectivity index (χ1v) is 8.95. The Bertz CT molecular complexity index is 661. The van der Waals surface area contributed by atoms with E-state index in [1.807, 2.05) is 0 Å². The number of hydrogen-bond donors (Lipinski definition) is 1. The fourth-order valence-corrected chi connectivity index (χ4v) is 4.28. The van der Waals surface area contributed by atoms with Crippen molar-refractivity contribution in [2.75, 3.05) is 13.1 Å². The van der Waals surface area contributed by atoms with Crippen molar-refractivity contribution in [3.8, 4) is 0 Å². The minimum Gasteiger partial charge on any atom is -0.326 e. The second-order valence-corrected chi connectivity index (χ2v) is 7.03. The second kappa shape index (κ2) is 6.46. The van der Waals surface area contributed by atoms with Crippen LogP contribution in [0.4, 0.5) is 0 Å². The summed E-state index contributed by atoms with van der Waals surface area (Å²) in [6.07, 6.45) is 5.02. The topological polar surface area (TPSA) is 29.3 Å². The number of fused-ring (bicyclic) bond motifs is 1. The first-order chi connectivity index (χ1) is 11.3. The maximum atomic E-state index is 5.90. The van der Waals surface area contributed by atoms with Gasteiger partial charge in [-0.05, 0) is 61.0 Å². The predicted octanol–water partition coefficient (Wildman–Crippen LogP) is 3.49. The number of nitrogens with zero attached hydrogens (tertiary/aromatic N) is 1. The van der Waals surface area contributed by atoms with Gasteiger partial charge in [0.15, 0.2) is 0 Å². The van der Waals surface area contributed by atoms with Crippen molar-refractivity contribution in [1.82, 2.24) is 4.90 Å². The van der Waals surface area contributed by atoms with Gasteiger partial charge in [0.2, 0.25) is 0 Å². The highest BCUT2D eigenvalue weighted by atomic mass is 15.2. The molecule has 2 aromatic rings. The summed E-state index contributed by atoms with van der Waals surface area (Å²) in [7, 11) is 0. The van der Waals surface area contributed by atoms with Crippen LogP contribution in [0.3, 0.4) is 0 Å². The van der Waals surface area contributed by atoms with Crippen LogP contribution in [0.2, 0.25) is 0 Å². The van der Waals surface area contributed by atoms with Crippen molar-refractivity contribution >= 4 is 0 Å². The van der Waals surface area contributed by atoms with Gasteiger partial charge in [0.05, 0.1) is 0 Å². The molecule has 1 fully saturated rings. The molecule has 2 heteroatoms. The maximum Gasteiger partial charge on any atom is 0.0178 e. The number of nitrogens with two attached hydrogens (primary N) is 1. The number of benzene rings is 2. The van der Waals surface area contributed by atoms with Gasteiger partial charge in [0, 0.05) is 18.5 Å². The van der Waals surface area contributed by atoms with Crippen LogP contribution >= 0.6 is 0 Å². The zero-order valence-corrected chi connectivity index (χ0v) is 13.7. The molecular formula is C21H26N2. The Morgan fingerprint density at radius 1 is 1.00 bits per heavy atom. The standard InChI is InChI=1S/C21H26N2/c22-15-17-7-8-18-9-10-21(23-11-4-12-23)20(19(18)14-17)13-16-5-2-1-3-6-16/h1-3,5-8,14,20-21H,4,9-13,15,22H2. The first-order valence-electron chi connectivity index (χ1n) is 8.95. The molecule has 2 unspecified atom stereocenters. The Labute approximate surface area is 139 Å². The summed E-state index contributed by atoms with van der Waals surface area (Å²) < 4.78 is 0. The predicted molar refractivity (Wildman–Crippen MR) is 95.5 cm³/mol. The summed E-state index contributed by atoms with van der Waals surface area (Å²) in [5.74, 6) is 0.605. The average molecular weight is 306 g/mol. The average Bonchev–Trinajstić information content (AvgIpc) is 2.56. The Balaban J connectivity index is 1.70. The van der Waals surface area contributed by atoms with E-state index in [2.05, 4.69) is 53.4 Å². The Morgan fingerprint density at radius 3 is 2.52 bits per heavy atom. The van der Waals surface area contributed by atoms with Crippen LogP contribution in [0.15, 0.2) is 48.5 Å². The monoisotopic (exact) mass is 306 g/mol. The minimum absolute atomic E-state index is 0.605. The summed E-state index contributed by atoms with van der Waals surface area (Å²) in [4.78, 5) is 2.70. The molecule has 1 saturated heterocycles. The molecule has 4 rings (SSSR count).